The summed E-state index contributed by atoms with van der Waals surface area (Å²) >= 11 is 0. The molecule has 0 aromatic rings. The fourth-order valence-electron chi connectivity index (χ4n) is 2.71. The van der Waals surface area contributed by atoms with E-state index in [2.05, 4.69) is 5.32 Å². The van der Waals surface area contributed by atoms with Crippen LogP contribution in [0.1, 0.15) is 26.2 Å². The van der Waals surface area contributed by atoms with Crippen LogP contribution in [0.3, 0.4) is 0 Å². The van der Waals surface area contributed by atoms with E-state index >= 15 is 0 Å². The molecule has 1 amide bonds. The van der Waals surface area contributed by atoms with Crippen molar-refractivity contribution in [2.45, 2.75) is 32.2 Å². The van der Waals surface area contributed by atoms with Gasteiger partial charge in [-0.15, -0.1) is 0 Å². The number of carboxylic acids is 1. The topological polar surface area (TPSA) is 83.5 Å². The van der Waals surface area contributed by atoms with Gasteiger partial charge in [-0.1, -0.05) is 6.92 Å². The van der Waals surface area contributed by atoms with Gasteiger partial charge in [0.25, 0.3) is 0 Å². The summed E-state index contributed by atoms with van der Waals surface area (Å²) in [6.07, 6.45) is 1.44. The van der Waals surface area contributed by atoms with Gasteiger partial charge in [0.2, 0.25) is 5.91 Å². The average molecular weight is 225 g/mol. The molecule has 4 unspecified atom stereocenters. The monoisotopic (exact) mass is 225 g/mol. The number of aliphatic carboxylic acids is 1. The highest BCUT2D eigenvalue weighted by Crippen LogP contribution is 2.33. The number of piperidine rings is 1. The summed E-state index contributed by atoms with van der Waals surface area (Å²) in [5, 5.41) is 11.5. The van der Waals surface area contributed by atoms with E-state index in [4.69, 9.17) is 5.11 Å². The predicted molar refractivity (Wildman–Crippen MR) is 54.6 cm³/mol. The Morgan fingerprint density at radius 1 is 1.38 bits per heavy atom. The molecular weight excluding hydrogens is 210 g/mol. The minimum atomic E-state index is -1.14. The van der Waals surface area contributed by atoms with E-state index in [0.717, 1.165) is 6.42 Å². The first-order valence-electron chi connectivity index (χ1n) is 5.55. The lowest BCUT2D eigenvalue weighted by atomic mass is 9.72. The summed E-state index contributed by atoms with van der Waals surface area (Å²) in [5.74, 6) is -2.57. The van der Waals surface area contributed by atoms with Gasteiger partial charge in [0, 0.05) is 18.4 Å². The maximum absolute atomic E-state index is 11.8. The van der Waals surface area contributed by atoms with Crippen molar-refractivity contribution in [3.8, 4) is 0 Å². The maximum Gasteiger partial charge on any atom is 0.316 e. The summed E-state index contributed by atoms with van der Waals surface area (Å²) in [7, 11) is 0. The zero-order chi connectivity index (χ0) is 11.9. The molecule has 0 aromatic heterocycles. The van der Waals surface area contributed by atoms with Gasteiger partial charge in [-0.3, -0.25) is 14.4 Å². The molecule has 2 N–H and O–H groups in total. The number of rotatable bonds is 1. The Hall–Kier alpha value is -1.39. The summed E-state index contributed by atoms with van der Waals surface area (Å²) in [6, 6.07) is -0.153. The van der Waals surface area contributed by atoms with Crippen LogP contribution in [0.25, 0.3) is 0 Å². The predicted octanol–water partition coefficient (Wildman–Crippen LogP) is 0.191. The molecule has 0 aromatic carbocycles. The van der Waals surface area contributed by atoms with Crippen LogP contribution in [0.5, 0.6) is 0 Å². The minimum Gasteiger partial charge on any atom is -0.481 e. The quantitative estimate of drug-likeness (QED) is 0.624. The van der Waals surface area contributed by atoms with Crippen LogP contribution in [-0.4, -0.2) is 28.8 Å². The van der Waals surface area contributed by atoms with Gasteiger partial charge in [0.15, 0.2) is 0 Å². The van der Waals surface area contributed by atoms with E-state index in [1.807, 2.05) is 6.92 Å². The third kappa shape index (κ3) is 1.81. The molecule has 5 nitrogen and oxygen atoms in total. The molecule has 4 atom stereocenters. The third-order valence-corrected chi connectivity index (χ3v) is 3.54. The largest absolute Gasteiger partial charge is 0.481 e. The Morgan fingerprint density at radius 3 is 2.69 bits per heavy atom. The average Bonchev–Trinajstić information content (AvgIpc) is 2.15. The van der Waals surface area contributed by atoms with Gasteiger partial charge < -0.3 is 10.4 Å². The number of carboxylic acid groups (broad SMARTS) is 1. The second kappa shape index (κ2) is 3.88. The zero-order valence-electron chi connectivity index (χ0n) is 9.10. The molecule has 88 valence electrons. The third-order valence-electron chi connectivity index (χ3n) is 3.54. The summed E-state index contributed by atoms with van der Waals surface area (Å²) < 4.78 is 0. The lowest BCUT2D eigenvalue weighted by molar-refractivity contribution is -0.151. The van der Waals surface area contributed by atoms with Crippen LogP contribution in [0.15, 0.2) is 0 Å². The number of ketones is 1. The highest BCUT2D eigenvalue weighted by atomic mass is 16.4. The van der Waals surface area contributed by atoms with Gasteiger partial charge in [-0.25, -0.2) is 0 Å². The molecule has 2 rings (SSSR count). The Morgan fingerprint density at radius 2 is 2.06 bits per heavy atom. The van der Waals surface area contributed by atoms with E-state index in [1.165, 1.54) is 0 Å². The Bertz CT molecular complexity index is 352. The first-order valence-corrected chi connectivity index (χ1v) is 5.55. The second-order valence-electron chi connectivity index (χ2n) is 4.86. The minimum absolute atomic E-state index is 0.0926. The zero-order valence-corrected chi connectivity index (χ0v) is 9.10. The van der Waals surface area contributed by atoms with E-state index in [-0.39, 0.29) is 30.1 Å². The first-order chi connectivity index (χ1) is 7.49. The fraction of sp³-hybridized carbons (Fsp3) is 0.727. The molecule has 1 aliphatic heterocycles. The van der Waals surface area contributed by atoms with Crippen LogP contribution in [0.2, 0.25) is 0 Å². The van der Waals surface area contributed by atoms with E-state index in [9.17, 15) is 14.4 Å². The van der Waals surface area contributed by atoms with E-state index in [0.29, 0.717) is 6.42 Å². The number of fused-ring (bicyclic) bond motifs is 1. The molecule has 5 heteroatoms. The summed E-state index contributed by atoms with van der Waals surface area (Å²) in [4.78, 5) is 34.1. The van der Waals surface area contributed by atoms with Crippen LogP contribution < -0.4 is 5.32 Å². The molecule has 0 bridgehead atoms. The van der Waals surface area contributed by atoms with Crippen molar-refractivity contribution < 1.29 is 19.5 Å². The van der Waals surface area contributed by atoms with E-state index in [1.54, 1.807) is 0 Å². The van der Waals surface area contributed by atoms with Gasteiger partial charge in [-0.2, -0.15) is 0 Å². The summed E-state index contributed by atoms with van der Waals surface area (Å²) in [5.41, 5.74) is 0. The fourth-order valence-corrected chi connectivity index (χ4v) is 2.71. The van der Waals surface area contributed by atoms with Crippen LogP contribution >= 0.6 is 0 Å². The van der Waals surface area contributed by atoms with Crippen molar-refractivity contribution in [2.75, 3.05) is 0 Å². The molecule has 1 saturated heterocycles. The van der Waals surface area contributed by atoms with Crippen molar-refractivity contribution in [1.82, 2.24) is 5.32 Å². The van der Waals surface area contributed by atoms with Crippen molar-refractivity contribution in [1.29, 1.82) is 0 Å². The molecular formula is C11H15NO4. The van der Waals surface area contributed by atoms with Gasteiger partial charge >= 0.3 is 5.97 Å². The number of carbonyl (C=O) groups is 3. The molecule has 1 heterocycles. The summed E-state index contributed by atoms with van der Waals surface area (Å²) in [6.45, 7) is 1.98. The lowest BCUT2D eigenvalue weighted by Gasteiger charge is -2.39. The number of hydrogen-bond donors (Lipinski definition) is 2. The highest BCUT2D eigenvalue weighted by molar-refractivity contribution is 5.99. The van der Waals surface area contributed by atoms with Crippen molar-refractivity contribution in [3.05, 3.63) is 0 Å². The van der Waals surface area contributed by atoms with Crippen molar-refractivity contribution >= 4 is 17.7 Å². The molecule has 1 aliphatic carbocycles. The number of hydrogen-bond acceptors (Lipinski definition) is 3. The molecule has 2 aliphatic rings. The number of nitrogens with one attached hydrogen (secondary N) is 1. The first kappa shape index (κ1) is 11.1. The highest BCUT2D eigenvalue weighted by Gasteiger charge is 2.45. The Kier molecular flexibility index (Phi) is 2.69. The van der Waals surface area contributed by atoms with Gasteiger partial charge in [0.1, 0.15) is 11.7 Å². The Balaban J connectivity index is 2.16. The van der Waals surface area contributed by atoms with Crippen molar-refractivity contribution in [2.24, 2.45) is 17.8 Å². The molecule has 16 heavy (non-hydrogen) atoms. The SMILES string of the molecule is CC1CC(=O)C2CC(C(=O)O)C(=O)NC2C1. The number of carbonyl (C=O) groups excluding carboxylic acids is 2. The van der Waals surface area contributed by atoms with Crippen molar-refractivity contribution in [3.63, 3.8) is 0 Å². The van der Waals surface area contributed by atoms with Crippen LogP contribution in [-0.2, 0) is 14.4 Å². The van der Waals surface area contributed by atoms with Gasteiger partial charge in [0.05, 0.1) is 0 Å². The standard InChI is InChI=1S/C11H15NO4/c1-5-2-8-6(9(13)3-5)4-7(11(15)16)10(14)12-8/h5-8H,2-4H2,1H3,(H,12,14)(H,15,16). The number of Topliss-reactive ketones (excluding diaryl/α,β-unsaturated/α-hetero) is 1. The normalized spacial score (nSPS) is 38.8. The van der Waals surface area contributed by atoms with Gasteiger partial charge in [-0.05, 0) is 18.8 Å². The molecule has 1 saturated carbocycles. The molecule has 0 spiro atoms. The lowest BCUT2D eigenvalue weighted by Crippen LogP contribution is -2.56. The Labute approximate surface area is 93.2 Å². The maximum atomic E-state index is 11.8. The smallest absolute Gasteiger partial charge is 0.316 e. The number of amides is 1. The molecule has 2 fully saturated rings. The van der Waals surface area contributed by atoms with E-state index < -0.39 is 17.8 Å². The second-order valence-corrected chi connectivity index (χ2v) is 4.86. The van der Waals surface area contributed by atoms with Crippen LogP contribution in [0.4, 0.5) is 0 Å². The molecule has 0 radical (unpaired) electrons. The van der Waals surface area contributed by atoms with Crippen LogP contribution in [0, 0.1) is 17.8 Å².